The van der Waals surface area contributed by atoms with E-state index in [0.717, 1.165) is 3.63 Å². The third kappa shape index (κ3) is 4.19. The zero-order chi connectivity index (χ0) is 22.7. The van der Waals surface area contributed by atoms with E-state index >= 15 is 0 Å². The minimum absolute atomic E-state index is 0.184. The fourth-order valence-corrected chi connectivity index (χ4v) is 32.2. The van der Waals surface area contributed by atoms with Crippen LogP contribution in [0.15, 0.2) is 57.9 Å². The van der Waals surface area contributed by atoms with Gasteiger partial charge in [0.2, 0.25) is 0 Å². The molecule has 4 heteroatoms. The molecule has 0 N–H and O–H groups in total. The number of rotatable bonds is 4. The Balaban J connectivity index is 1.78. The molecule has 32 heavy (non-hydrogen) atoms. The number of benzene rings is 2. The Hall–Kier alpha value is -0.546. The Kier molecular flexibility index (Phi) is 6.23. The molecule has 0 aromatic heterocycles. The van der Waals surface area contributed by atoms with Crippen molar-refractivity contribution in [1.29, 1.82) is 0 Å². The van der Waals surface area contributed by atoms with Gasteiger partial charge in [0.25, 0.3) is 0 Å². The van der Waals surface area contributed by atoms with Crippen LogP contribution in [0.25, 0.3) is 11.1 Å². The van der Waals surface area contributed by atoms with Crippen molar-refractivity contribution in [2.45, 2.75) is 74.3 Å². The molecule has 0 unspecified atom stereocenters. The van der Waals surface area contributed by atoms with Crippen LogP contribution in [0.4, 0.5) is 0 Å². The molecule has 1 aliphatic heterocycles. The topological polar surface area (TPSA) is 0 Å². The van der Waals surface area contributed by atoms with Gasteiger partial charge in [-0.3, -0.25) is 0 Å². The monoisotopic (exact) mass is 548 g/mol. The second-order valence-electron chi connectivity index (χ2n) is 12.1. The number of hydrogen-bond acceptors (Lipinski definition) is 0. The third-order valence-electron chi connectivity index (χ3n) is 7.74. The fourth-order valence-electron chi connectivity index (χ4n) is 5.84. The third-order valence-corrected chi connectivity index (χ3v) is 33.0. The predicted octanol–water partition coefficient (Wildman–Crippen LogP) is 7.09. The fraction of sp³-hybridized carbons (Fsp3) is 0.429. The van der Waals surface area contributed by atoms with E-state index in [2.05, 4.69) is 93.9 Å². The van der Waals surface area contributed by atoms with Crippen molar-refractivity contribution >= 4 is 32.0 Å². The standard InChI is InChI=1S/C19H25Si2.C5H5.C4H8Si.Zr/c1-20(2,3)16-7-9-18-14(12-16)11-15-13-17(21(4,5)6)8-10-19(15)18;2*1-2-4-5-3-1;/h7-13H,1-6H3;1-3H,4H2;1-4H2;. The summed E-state index contributed by atoms with van der Waals surface area (Å²) in [4.78, 5) is 0. The Bertz CT molecular complexity index is 1100. The average molecular weight is 550 g/mol. The molecule has 3 aliphatic rings. The van der Waals surface area contributed by atoms with E-state index in [1.54, 1.807) is 44.7 Å². The molecule has 1 saturated heterocycles. The first-order chi connectivity index (χ1) is 15.1. The van der Waals surface area contributed by atoms with Gasteiger partial charge < -0.3 is 0 Å². The van der Waals surface area contributed by atoms with E-state index in [0.29, 0.717) is 0 Å². The summed E-state index contributed by atoms with van der Waals surface area (Å²) in [6.45, 7) is 15.1. The van der Waals surface area contributed by atoms with Gasteiger partial charge >= 0.3 is 207 Å². The molecule has 166 valence electrons. The van der Waals surface area contributed by atoms with Crippen LogP contribution in [0, 0.1) is 0 Å². The molecule has 2 aliphatic carbocycles. The van der Waals surface area contributed by atoms with Crippen molar-refractivity contribution in [1.82, 2.24) is 0 Å². The second-order valence-corrected chi connectivity index (χ2v) is 37.9. The molecule has 2 aromatic rings. The van der Waals surface area contributed by atoms with Gasteiger partial charge in [-0.1, -0.05) is 0 Å². The molecule has 1 fully saturated rings. The summed E-state index contributed by atoms with van der Waals surface area (Å²) in [7, 11) is -2.68. The van der Waals surface area contributed by atoms with E-state index in [-0.39, 0.29) is 5.43 Å². The zero-order valence-corrected chi connectivity index (χ0v) is 26.3. The summed E-state index contributed by atoms with van der Waals surface area (Å²) in [5, 5.41) is 3.31. The molecular formula is C28H38Si3Zr. The van der Waals surface area contributed by atoms with E-state index < -0.39 is 36.5 Å². The molecule has 0 bridgehead atoms. The SMILES string of the molecule is C[Si](C)(C)c1ccc2c(c1)[CH]([Zr]([C]1=CC=CC1)=[Si]1CCCC1)c1cc([Si](C)(C)C)ccc1-2. The molecule has 0 atom stereocenters. The summed E-state index contributed by atoms with van der Waals surface area (Å²) in [6.07, 6.45) is 11.7. The predicted molar refractivity (Wildman–Crippen MR) is 146 cm³/mol. The van der Waals surface area contributed by atoms with Crippen LogP contribution in [-0.4, -0.2) is 21.6 Å². The van der Waals surface area contributed by atoms with Gasteiger partial charge in [-0.25, -0.2) is 0 Å². The Morgan fingerprint density at radius 3 is 1.75 bits per heavy atom. The van der Waals surface area contributed by atoms with Gasteiger partial charge in [0.15, 0.2) is 0 Å². The molecule has 0 amide bonds. The van der Waals surface area contributed by atoms with Gasteiger partial charge in [-0.2, -0.15) is 0 Å². The first-order valence-corrected chi connectivity index (χ1v) is 27.8. The van der Waals surface area contributed by atoms with E-state index in [4.69, 9.17) is 0 Å². The van der Waals surface area contributed by atoms with Crippen LogP contribution >= 0.6 is 0 Å². The van der Waals surface area contributed by atoms with Crippen molar-refractivity contribution in [3.63, 3.8) is 0 Å². The van der Waals surface area contributed by atoms with Crippen LogP contribution in [-0.2, 0) is 20.4 Å². The van der Waals surface area contributed by atoms with Gasteiger partial charge in [0, 0.05) is 0 Å². The Morgan fingerprint density at radius 1 is 0.781 bits per heavy atom. The molecule has 0 nitrogen and oxygen atoms in total. The van der Waals surface area contributed by atoms with Gasteiger partial charge in [0.1, 0.15) is 0 Å². The van der Waals surface area contributed by atoms with Crippen molar-refractivity contribution < 1.29 is 20.4 Å². The summed E-state index contributed by atoms with van der Waals surface area (Å²) in [6, 6.07) is 18.6. The van der Waals surface area contributed by atoms with Crippen molar-refractivity contribution in [3.05, 3.63) is 69.0 Å². The van der Waals surface area contributed by atoms with Crippen LogP contribution < -0.4 is 10.4 Å². The van der Waals surface area contributed by atoms with E-state index in [1.165, 1.54) is 19.3 Å². The Morgan fingerprint density at radius 2 is 1.31 bits per heavy atom. The van der Waals surface area contributed by atoms with Gasteiger partial charge in [-0.05, 0) is 0 Å². The first-order valence-electron chi connectivity index (χ1n) is 12.5. The first kappa shape index (κ1) is 23.2. The zero-order valence-electron chi connectivity index (χ0n) is 20.8. The molecule has 0 saturated carbocycles. The van der Waals surface area contributed by atoms with Gasteiger partial charge in [0.05, 0.1) is 0 Å². The van der Waals surface area contributed by atoms with Crippen LogP contribution in [0.3, 0.4) is 0 Å². The Labute approximate surface area is 205 Å². The maximum absolute atomic E-state index is 2.71. The van der Waals surface area contributed by atoms with Crippen molar-refractivity contribution in [2.24, 2.45) is 0 Å². The second kappa shape index (κ2) is 8.59. The number of allylic oxidation sites excluding steroid dienone is 4. The van der Waals surface area contributed by atoms with Crippen molar-refractivity contribution in [2.75, 3.05) is 0 Å². The quantitative estimate of drug-likeness (QED) is 0.357. The molecular weight excluding hydrogens is 512 g/mol. The maximum atomic E-state index is 2.71. The normalized spacial score (nSPS) is 18.2. The van der Waals surface area contributed by atoms with Crippen LogP contribution in [0.1, 0.15) is 34.0 Å². The molecule has 0 radical (unpaired) electrons. The molecule has 5 rings (SSSR count). The number of hydrogen-bond donors (Lipinski definition) is 0. The summed E-state index contributed by atoms with van der Waals surface area (Å²) < 4.78 is 2.71. The molecule has 1 heterocycles. The van der Waals surface area contributed by atoms with Gasteiger partial charge in [-0.15, -0.1) is 0 Å². The van der Waals surface area contributed by atoms with Crippen molar-refractivity contribution in [3.8, 4) is 11.1 Å². The summed E-state index contributed by atoms with van der Waals surface area (Å²) >= 11 is -1.85. The van der Waals surface area contributed by atoms with E-state index in [1.807, 2.05) is 3.28 Å². The molecule has 2 aromatic carbocycles. The average Bonchev–Trinajstić information content (AvgIpc) is 3.48. The van der Waals surface area contributed by atoms with E-state index in [9.17, 15) is 0 Å². The molecule has 0 spiro atoms. The summed E-state index contributed by atoms with van der Waals surface area (Å²) in [5.74, 6) is 0. The van der Waals surface area contributed by atoms with Crippen LogP contribution in [0.2, 0.25) is 51.4 Å². The minimum atomic E-state index is -1.85. The summed E-state index contributed by atoms with van der Waals surface area (Å²) in [5.41, 5.74) is 6.48. The number of fused-ring (bicyclic) bond motifs is 3. The van der Waals surface area contributed by atoms with Crippen LogP contribution in [0.5, 0.6) is 0 Å².